The maximum absolute atomic E-state index is 12.3. The van der Waals surface area contributed by atoms with Crippen LogP contribution in [0.3, 0.4) is 0 Å². The molecule has 0 unspecified atom stereocenters. The Balaban J connectivity index is 2.78. The van der Waals surface area contributed by atoms with E-state index in [1.54, 1.807) is 19.2 Å². The molecule has 0 saturated heterocycles. The van der Waals surface area contributed by atoms with Crippen molar-refractivity contribution in [2.24, 2.45) is 5.73 Å². The van der Waals surface area contributed by atoms with Gasteiger partial charge in [0.1, 0.15) is 0 Å². The van der Waals surface area contributed by atoms with E-state index in [9.17, 15) is 8.78 Å². The van der Waals surface area contributed by atoms with Crippen LogP contribution in [0.25, 0.3) is 0 Å². The van der Waals surface area contributed by atoms with Gasteiger partial charge >= 0.3 is 0 Å². The molecule has 4 nitrogen and oxygen atoms in total. The fourth-order valence-corrected chi connectivity index (χ4v) is 1.18. The molecule has 0 fully saturated rings. The standard InChI is InChI=1S/C9H14F2N4/c1-7-2-4-13-9(14-7)15(5-3-12)6-8(10)11/h2,4,8H,3,5-6,12H2,1H3. The summed E-state index contributed by atoms with van der Waals surface area (Å²) in [5.41, 5.74) is 6.08. The van der Waals surface area contributed by atoms with Gasteiger partial charge in [-0.3, -0.25) is 0 Å². The zero-order valence-electron chi connectivity index (χ0n) is 8.53. The summed E-state index contributed by atoms with van der Waals surface area (Å²) in [6.07, 6.45) is -0.868. The van der Waals surface area contributed by atoms with Crippen molar-refractivity contribution in [2.75, 3.05) is 24.5 Å². The second kappa shape index (κ2) is 5.55. The zero-order chi connectivity index (χ0) is 11.3. The van der Waals surface area contributed by atoms with Gasteiger partial charge in [0.25, 0.3) is 6.43 Å². The highest BCUT2D eigenvalue weighted by Gasteiger charge is 2.14. The molecule has 0 saturated carbocycles. The van der Waals surface area contributed by atoms with E-state index >= 15 is 0 Å². The van der Waals surface area contributed by atoms with Crippen molar-refractivity contribution in [1.29, 1.82) is 0 Å². The summed E-state index contributed by atoms with van der Waals surface area (Å²) < 4.78 is 24.5. The van der Waals surface area contributed by atoms with Gasteiger partial charge in [0.2, 0.25) is 5.95 Å². The maximum atomic E-state index is 12.3. The van der Waals surface area contributed by atoms with E-state index in [0.717, 1.165) is 5.69 Å². The number of aryl methyl sites for hydroxylation is 1. The predicted octanol–water partition coefficient (Wildman–Crippen LogP) is 0.815. The van der Waals surface area contributed by atoms with Gasteiger partial charge in [-0.15, -0.1) is 0 Å². The Morgan fingerprint density at radius 2 is 2.27 bits per heavy atom. The average Bonchev–Trinajstić information content (AvgIpc) is 2.16. The van der Waals surface area contributed by atoms with E-state index in [1.807, 2.05) is 0 Å². The Morgan fingerprint density at radius 1 is 1.53 bits per heavy atom. The van der Waals surface area contributed by atoms with E-state index in [0.29, 0.717) is 19.0 Å². The van der Waals surface area contributed by atoms with Crippen molar-refractivity contribution >= 4 is 5.95 Å². The van der Waals surface area contributed by atoms with Crippen LogP contribution in [-0.4, -0.2) is 36.0 Å². The molecule has 2 N–H and O–H groups in total. The van der Waals surface area contributed by atoms with Crippen LogP contribution in [0.4, 0.5) is 14.7 Å². The van der Waals surface area contributed by atoms with Crippen LogP contribution in [0.15, 0.2) is 12.3 Å². The molecule has 84 valence electrons. The molecular formula is C9H14F2N4. The summed E-state index contributed by atoms with van der Waals surface area (Å²) in [5.74, 6) is 0.306. The third-order valence-corrected chi connectivity index (χ3v) is 1.82. The summed E-state index contributed by atoms with van der Waals surface area (Å²) in [6.45, 7) is 2.02. The number of hydrogen-bond donors (Lipinski definition) is 1. The van der Waals surface area contributed by atoms with Crippen LogP contribution in [0.2, 0.25) is 0 Å². The Hall–Kier alpha value is -1.30. The van der Waals surface area contributed by atoms with Crippen LogP contribution >= 0.6 is 0 Å². The van der Waals surface area contributed by atoms with E-state index in [-0.39, 0.29) is 6.54 Å². The minimum absolute atomic E-state index is 0.296. The van der Waals surface area contributed by atoms with Crippen molar-refractivity contribution in [3.8, 4) is 0 Å². The number of hydrogen-bond acceptors (Lipinski definition) is 4. The minimum Gasteiger partial charge on any atom is -0.334 e. The van der Waals surface area contributed by atoms with Crippen molar-refractivity contribution in [2.45, 2.75) is 13.3 Å². The number of halogens is 2. The first-order chi connectivity index (χ1) is 7.13. The molecule has 0 aromatic carbocycles. The van der Waals surface area contributed by atoms with E-state index in [2.05, 4.69) is 9.97 Å². The summed E-state index contributed by atoms with van der Waals surface area (Å²) in [7, 11) is 0. The minimum atomic E-state index is -2.42. The van der Waals surface area contributed by atoms with Crippen LogP contribution in [0.1, 0.15) is 5.69 Å². The highest BCUT2D eigenvalue weighted by molar-refractivity contribution is 5.30. The van der Waals surface area contributed by atoms with Gasteiger partial charge in [0.05, 0.1) is 6.54 Å². The fraction of sp³-hybridized carbons (Fsp3) is 0.556. The van der Waals surface area contributed by atoms with Crippen molar-refractivity contribution in [3.63, 3.8) is 0 Å². The average molecular weight is 216 g/mol. The largest absolute Gasteiger partial charge is 0.334 e. The molecular weight excluding hydrogens is 202 g/mol. The van der Waals surface area contributed by atoms with Crippen LogP contribution in [-0.2, 0) is 0 Å². The van der Waals surface area contributed by atoms with E-state index in [4.69, 9.17) is 5.73 Å². The molecule has 6 heteroatoms. The van der Waals surface area contributed by atoms with Crippen molar-refractivity contribution in [1.82, 2.24) is 9.97 Å². The molecule has 1 aromatic heterocycles. The number of anilines is 1. The normalized spacial score (nSPS) is 10.7. The first-order valence-electron chi connectivity index (χ1n) is 4.66. The monoisotopic (exact) mass is 216 g/mol. The summed E-state index contributed by atoms with van der Waals surface area (Å²) in [4.78, 5) is 9.40. The number of nitrogens with two attached hydrogens (primary N) is 1. The van der Waals surface area contributed by atoms with Gasteiger partial charge in [-0.1, -0.05) is 0 Å². The van der Waals surface area contributed by atoms with Gasteiger partial charge in [0, 0.05) is 25.0 Å². The molecule has 1 rings (SSSR count). The molecule has 15 heavy (non-hydrogen) atoms. The molecule has 1 aromatic rings. The van der Waals surface area contributed by atoms with Gasteiger partial charge in [0.15, 0.2) is 0 Å². The molecule has 0 radical (unpaired) electrons. The molecule has 0 amide bonds. The topological polar surface area (TPSA) is 55.0 Å². The molecule has 0 aliphatic heterocycles. The van der Waals surface area contributed by atoms with Crippen molar-refractivity contribution < 1.29 is 8.78 Å². The second-order valence-corrected chi connectivity index (χ2v) is 3.12. The highest BCUT2D eigenvalue weighted by atomic mass is 19.3. The maximum Gasteiger partial charge on any atom is 0.255 e. The fourth-order valence-electron chi connectivity index (χ4n) is 1.18. The van der Waals surface area contributed by atoms with E-state index in [1.165, 1.54) is 4.90 Å². The highest BCUT2D eigenvalue weighted by Crippen LogP contribution is 2.08. The number of rotatable bonds is 5. The first-order valence-corrected chi connectivity index (χ1v) is 4.66. The van der Waals surface area contributed by atoms with E-state index < -0.39 is 6.43 Å². The van der Waals surface area contributed by atoms with Gasteiger partial charge in [-0.25, -0.2) is 18.7 Å². The Kier molecular flexibility index (Phi) is 4.36. The lowest BCUT2D eigenvalue weighted by atomic mass is 10.4. The Bertz CT molecular complexity index is 306. The third kappa shape index (κ3) is 3.75. The number of nitrogens with zero attached hydrogens (tertiary/aromatic N) is 3. The number of aromatic nitrogens is 2. The predicted molar refractivity (Wildman–Crippen MR) is 54.0 cm³/mol. The summed E-state index contributed by atoms with van der Waals surface area (Å²) >= 11 is 0. The summed E-state index contributed by atoms with van der Waals surface area (Å²) in [5, 5.41) is 0. The summed E-state index contributed by atoms with van der Waals surface area (Å²) in [6, 6.07) is 1.71. The SMILES string of the molecule is Cc1ccnc(N(CCN)CC(F)F)n1. The zero-order valence-corrected chi connectivity index (χ0v) is 8.53. The third-order valence-electron chi connectivity index (χ3n) is 1.82. The van der Waals surface area contributed by atoms with Gasteiger partial charge in [-0.05, 0) is 13.0 Å². The lowest BCUT2D eigenvalue weighted by Gasteiger charge is -2.21. The molecule has 1 heterocycles. The lowest BCUT2D eigenvalue weighted by molar-refractivity contribution is 0.154. The Labute approximate surface area is 87.1 Å². The van der Waals surface area contributed by atoms with Crippen LogP contribution in [0, 0.1) is 6.92 Å². The van der Waals surface area contributed by atoms with Crippen LogP contribution < -0.4 is 10.6 Å². The molecule has 0 spiro atoms. The van der Waals surface area contributed by atoms with Gasteiger partial charge < -0.3 is 10.6 Å². The quantitative estimate of drug-likeness (QED) is 0.791. The molecule has 0 bridgehead atoms. The van der Waals surface area contributed by atoms with Crippen molar-refractivity contribution in [3.05, 3.63) is 18.0 Å². The second-order valence-electron chi connectivity index (χ2n) is 3.12. The smallest absolute Gasteiger partial charge is 0.255 e. The van der Waals surface area contributed by atoms with Gasteiger partial charge in [-0.2, -0.15) is 0 Å². The number of alkyl halides is 2. The molecule has 0 aliphatic rings. The lowest BCUT2D eigenvalue weighted by Crippen LogP contribution is -2.34. The molecule has 0 aliphatic carbocycles. The molecule has 0 atom stereocenters. The Morgan fingerprint density at radius 3 is 2.80 bits per heavy atom. The first kappa shape index (κ1) is 11.8. The van der Waals surface area contributed by atoms with Crippen LogP contribution in [0.5, 0.6) is 0 Å².